The summed E-state index contributed by atoms with van der Waals surface area (Å²) in [6.45, 7) is 9.66. The van der Waals surface area contributed by atoms with Crippen LogP contribution in [0, 0.1) is 39.0 Å². The predicted molar refractivity (Wildman–Crippen MR) is 181 cm³/mol. The lowest BCUT2D eigenvalue weighted by Gasteiger charge is -2.21. The first-order valence-electron chi connectivity index (χ1n) is 15.2. The fourth-order valence-electron chi connectivity index (χ4n) is 6.62. The van der Waals surface area contributed by atoms with E-state index in [1.807, 2.05) is 75.8 Å². The van der Waals surface area contributed by atoms with Gasteiger partial charge in [-0.05, 0) is 100 Å². The minimum absolute atomic E-state index is 0.0830. The normalized spacial score (nSPS) is 13.2. The zero-order chi connectivity index (χ0) is 32.0. The Morgan fingerprint density at radius 1 is 1.00 bits per heavy atom. The first kappa shape index (κ1) is 30.8. The van der Waals surface area contributed by atoms with Crippen LogP contribution >= 0.6 is 23.2 Å². The summed E-state index contributed by atoms with van der Waals surface area (Å²) in [5, 5.41) is 16.6. The number of anilines is 1. The maximum absolute atomic E-state index is 14.6. The zero-order valence-corrected chi connectivity index (χ0v) is 27.7. The summed E-state index contributed by atoms with van der Waals surface area (Å²) < 4.78 is 10.2. The van der Waals surface area contributed by atoms with Gasteiger partial charge in [-0.3, -0.25) is 9.48 Å². The number of nitriles is 1. The van der Waals surface area contributed by atoms with E-state index >= 15 is 0 Å². The SMILES string of the molecule is Cc1cc(OCCCc2c3n(c4c(-c5c(C)nn(C)c5C)c(Cl)ccc24)CCCN(c2cccc(C#N)c2)C3=O)cc(C)c1Cl. The largest absolute Gasteiger partial charge is 0.494 e. The number of aromatic nitrogens is 3. The molecule has 3 heterocycles. The summed E-state index contributed by atoms with van der Waals surface area (Å²) in [7, 11) is 1.93. The minimum Gasteiger partial charge on any atom is -0.494 e. The molecule has 0 spiro atoms. The first-order valence-corrected chi connectivity index (χ1v) is 15.9. The van der Waals surface area contributed by atoms with Crippen LogP contribution in [-0.2, 0) is 20.0 Å². The zero-order valence-electron chi connectivity index (χ0n) is 26.2. The third-order valence-corrected chi connectivity index (χ3v) is 9.70. The van der Waals surface area contributed by atoms with E-state index in [1.54, 1.807) is 17.0 Å². The average Bonchev–Trinajstić information content (AvgIpc) is 3.39. The van der Waals surface area contributed by atoms with Crippen molar-refractivity contribution < 1.29 is 9.53 Å². The maximum atomic E-state index is 14.6. The van der Waals surface area contributed by atoms with Gasteiger partial charge >= 0.3 is 0 Å². The molecule has 0 saturated heterocycles. The Morgan fingerprint density at radius 2 is 1.76 bits per heavy atom. The summed E-state index contributed by atoms with van der Waals surface area (Å²) in [5.41, 5.74) is 9.58. The van der Waals surface area contributed by atoms with Crippen molar-refractivity contribution in [3.63, 3.8) is 0 Å². The summed E-state index contributed by atoms with van der Waals surface area (Å²) in [4.78, 5) is 16.4. The van der Waals surface area contributed by atoms with Crippen molar-refractivity contribution >= 4 is 45.7 Å². The smallest absolute Gasteiger partial charge is 0.275 e. The quantitative estimate of drug-likeness (QED) is 0.167. The second-order valence-corrected chi connectivity index (χ2v) is 12.5. The number of fused-ring (bicyclic) bond motifs is 3. The lowest BCUT2D eigenvalue weighted by Crippen LogP contribution is -2.31. The molecular weight excluding hydrogens is 605 g/mol. The van der Waals surface area contributed by atoms with Crippen molar-refractivity contribution in [2.75, 3.05) is 18.1 Å². The van der Waals surface area contributed by atoms with Crippen molar-refractivity contribution in [3.8, 4) is 22.9 Å². The summed E-state index contributed by atoms with van der Waals surface area (Å²) >= 11 is 13.4. The first-order chi connectivity index (χ1) is 21.6. The number of hydrogen-bond acceptors (Lipinski definition) is 4. The molecule has 3 aromatic carbocycles. The number of hydrogen-bond donors (Lipinski definition) is 0. The highest BCUT2D eigenvalue weighted by atomic mass is 35.5. The van der Waals surface area contributed by atoms with Crippen LogP contribution in [0.15, 0.2) is 48.5 Å². The Morgan fingerprint density at radius 3 is 2.44 bits per heavy atom. The fourth-order valence-corrected chi connectivity index (χ4v) is 6.98. The van der Waals surface area contributed by atoms with Crippen molar-refractivity contribution in [2.24, 2.45) is 7.05 Å². The number of rotatable bonds is 7. The molecule has 1 aliphatic heterocycles. The summed E-state index contributed by atoms with van der Waals surface area (Å²) in [6.07, 6.45) is 2.08. The number of carbonyl (C=O) groups is 1. The van der Waals surface area contributed by atoms with Gasteiger partial charge in [-0.15, -0.1) is 0 Å². The molecule has 0 unspecified atom stereocenters. The van der Waals surface area contributed by atoms with E-state index in [-0.39, 0.29) is 5.91 Å². The van der Waals surface area contributed by atoms with E-state index in [0.29, 0.717) is 48.8 Å². The molecule has 0 fully saturated rings. The van der Waals surface area contributed by atoms with Crippen molar-refractivity contribution in [3.05, 3.63) is 97.9 Å². The van der Waals surface area contributed by atoms with Crippen LogP contribution in [0.25, 0.3) is 22.0 Å². The van der Waals surface area contributed by atoms with Gasteiger partial charge in [-0.1, -0.05) is 35.3 Å². The number of nitrogens with zero attached hydrogens (tertiary/aromatic N) is 5. The highest BCUT2D eigenvalue weighted by molar-refractivity contribution is 6.35. The number of halogens is 2. The van der Waals surface area contributed by atoms with E-state index in [4.69, 9.17) is 27.9 Å². The van der Waals surface area contributed by atoms with Gasteiger partial charge in [0.1, 0.15) is 11.4 Å². The lowest BCUT2D eigenvalue weighted by molar-refractivity contribution is 0.0982. The molecule has 230 valence electrons. The summed E-state index contributed by atoms with van der Waals surface area (Å²) in [6, 6.07) is 17.3. The fraction of sp³-hybridized carbons (Fsp3) is 0.306. The number of carbonyl (C=O) groups excluding carboxylic acids is 1. The van der Waals surface area contributed by atoms with Gasteiger partial charge in [0.05, 0.1) is 34.5 Å². The Hall–Kier alpha value is -4.25. The van der Waals surface area contributed by atoms with Gasteiger partial charge in [0, 0.05) is 53.1 Å². The van der Waals surface area contributed by atoms with Gasteiger partial charge < -0.3 is 14.2 Å². The van der Waals surface area contributed by atoms with Crippen molar-refractivity contribution in [1.29, 1.82) is 5.26 Å². The molecule has 0 N–H and O–H groups in total. The summed E-state index contributed by atoms with van der Waals surface area (Å²) in [5.74, 6) is 0.701. The van der Waals surface area contributed by atoms with Crippen molar-refractivity contribution in [2.45, 2.75) is 53.5 Å². The van der Waals surface area contributed by atoms with Crippen LogP contribution in [0.2, 0.25) is 10.0 Å². The van der Waals surface area contributed by atoms with Gasteiger partial charge in [0.2, 0.25) is 0 Å². The van der Waals surface area contributed by atoms with Crippen LogP contribution in [0.1, 0.15) is 57.0 Å². The molecule has 0 radical (unpaired) electrons. The molecule has 0 aliphatic carbocycles. The van der Waals surface area contributed by atoms with Crippen LogP contribution in [0.4, 0.5) is 5.69 Å². The highest BCUT2D eigenvalue weighted by Crippen LogP contribution is 2.43. The number of aryl methyl sites for hydroxylation is 6. The molecule has 6 rings (SSSR count). The second-order valence-electron chi connectivity index (χ2n) is 11.8. The van der Waals surface area contributed by atoms with Crippen LogP contribution < -0.4 is 9.64 Å². The van der Waals surface area contributed by atoms with Crippen LogP contribution in [0.3, 0.4) is 0 Å². The Kier molecular flexibility index (Phi) is 8.39. The Balaban J connectivity index is 1.47. The van der Waals surface area contributed by atoms with Gasteiger partial charge in [0.25, 0.3) is 5.91 Å². The molecule has 7 nitrogen and oxygen atoms in total. The number of benzene rings is 3. The number of ether oxygens (including phenoxy) is 1. The standard InChI is InChI=1S/C36H35Cl2N5O2/c1-21-17-27(18-22(2)33(21)38)45-16-7-11-28-29-12-13-30(37)32(31-23(3)40-41(5)24(31)4)34(29)43-15-8-14-42(36(44)35(28)43)26-10-6-9-25(19-26)20-39/h6,9-10,12-13,17-19H,7-8,11,14-16H2,1-5H3. The van der Waals surface area contributed by atoms with Gasteiger partial charge in [-0.2, -0.15) is 10.4 Å². The molecule has 45 heavy (non-hydrogen) atoms. The Bertz CT molecular complexity index is 1990. The molecule has 0 saturated carbocycles. The van der Waals surface area contributed by atoms with Crippen LogP contribution in [0.5, 0.6) is 5.75 Å². The monoisotopic (exact) mass is 639 g/mol. The van der Waals surface area contributed by atoms with E-state index in [2.05, 4.69) is 15.7 Å². The van der Waals surface area contributed by atoms with E-state index in [0.717, 1.165) is 73.0 Å². The molecular formula is C36H35Cl2N5O2. The molecule has 1 aliphatic rings. The van der Waals surface area contributed by atoms with E-state index in [1.165, 1.54) is 0 Å². The maximum Gasteiger partial charge on any atom is 0.275 e. The van der Waals surface area contributed by atoms with E-state index < -0.39 is 0 Å². The van der Waals surface area contributed by atoms with Gasteiger partial charge in [0.15, 0.2) is 0 Å². The predicted octanol–water partition coefficient (Wildman–Crippen LogP) is 8.52. The van der Waals surface area contributed by atoms with E-state index in [9.17, 15) is 10.1 Å². The molecule has 2 aromatic heterocycles. The molecule has 0 bridgehead atoms. The minimum atomic E-state index is -0.0830. The molecule has 9 heteroatoms. The third-order valence-electron chi connectivity index (χ3n) is 8.78. The lowest BCUT2D eigenvalue weighted by atomic mass is 9.98. The van der Waals surface area contributed by atoms with Gasteiger partial charge in [-0.25, -0.2) is 0 Å². The molecule has 0 atom stereocenters. The highest BCUT2D eigenvalue weighted by Gasteiger charge is 2.32. The molecule has 1 amide bonds. The Labute approximate surface area is 273 Å². The topological polar surface area (TPSA) is 76.1 Å². The number of amides is 1. The second kappa shape index (κ2) is 12.3. The third kappa shape index (κ3) is 5.47. The van der Waals surface area contributed by atoms with Crippen LogP contribution in [-0.4, -0.2) is 33.4 Å². The average molecular weight is 641 g/mol. The van der Waals surface area contributed by atoms with Crippen molar-refractivity contribution in [1.82, 2.24) is 14.3 Å². The molecule has 5 aromatic rings.